The maximum absolute atomic E-state index is 9.69. The van der Waals surface area contributed by atoms with E-state index in [4.69, 9.17) is 2.74 Å². The van der Waals surface area contributed by atoms with Crippen molar-refractivity contribution in [1.82, 2.24) is 0 Å². The zero-order valence-electron chi connectivity index (χ0n) is 35.5. The van der Waals surface area contributed by atoms with Crippen LogP contribution in [0.3, 0.4) is 0 Å². The molecule has 0 aliphatic rings. The monoisotopic (exact) mass is 657 g/mol. The minimum Gasteiger partial charge on any atom is -0.310 e. The topological polar surface area (TPSA) is 3.24 Å². The molecular formula is C50H35N. The van der Waals surface area contributed by atoms with Gasteiger partial charge in [0.25, 0.3) is 0 Å². The first kappa shape index (κ1) is 22.8. The van der Waals surface area contributed by atoms with Crippen LogP contribution in [-0.4, -0.2) is 0 Å². The number of fused-ring (bicyclic) bond motifs is 2. The standard InChI is InChI=1S/C50H35N/c1-2-9-36(10-3-1)39-17-19-40(20-18-39)41-25-29-48(30-26-41)51(49-31-27-42(28-32-49)46-23-21-37-11-4-6-13-43(37)33-46)50-16-8-15-45(35-50)47-24-22-38-12-5-7-14-44(38)34-47/h1-35H/i8D,15D,16D,27D,28D,31D,32D,35D. The van der Waals surface area contributed by atoms with E-state index in [0.717, 1.165) is 43.8 Å². The van der Waals surface area contributed by atoms with Gasteiger partial charge in [-0.1, -0.05) is 164 Å². The molecule has 240 valence electrons. The third-order valence-electron chi connectivity index (χ3n) is 9.20. The van der Waals surface area contributed by atoms with Gasteiger partial charge in [-0.15, -0.1) is 0 Å². The lowest BCUT2D eigenvalue weighted by atomic mass is 9.99. The first-order valence-electron chi connectivity index (χ1n) is 20.9. The Morgan fingerprint density at radius 2 is 0.765 bits per heavy atom. The van der Waals surface area contributed by atoms with Crippen molar-refractivity contribution in [3.63, 3.8) is 0 Å². The Labute approximate surface area is 310 Å². The molecule has 0 radical (unpaired) electrons. The Hall–Kier alpha value is -6.70. The summed E-state index contributed by atoms with van der Waals surface area (Å²) in [7, 11) is 0. The van der Waals surface area contributed by atoms with E-state index in [1.165, 1.54) is 4.90 Å². The van der Waals surface area contributed by atoms with Gasteiger partial charge in [0.2, 0.25) is 0 Å². The van der Waals surface area contributed by atoms with Crippen molar-refractivity contribution in [3.05, 3.63) is 212 Å². The molecule has 9 rings (SSSR count). The summed E-state index contributed by atoms with van der Waals surface area (Å²) in [6, 6.07) is 49.3. The zero-order chi connectivity index (χ0) is 40.9. The molecule has 0 bridgehead atoms. The number of hydrogen-bond acceptors (Lipinski definition) is 1. The number of rotatable bonds is 7. The highest BCUT2D eigenvalue weighted by atomic mass is 15.1. The molecule has 0 N–H and O–H groups in total. The van der Waals surface area contributed by atoms with Crippen LogP contribution >= 0.6 is 0 Å². The van der Waals surface area contributed by atoms with Crippen LogP contribution in [0.25, 0.3) is 66.1 Å². The molecule has 9 aromatic carbocycles. The fourth-order valence-electron chi connectivity index (χ4n) is 6.50. The summed E-state index contributed by atoms with van der Waals surface area (Å²) in [5, 5.41) is 3.70. The predicted molar refractivity (Wildman–Crippen MR) is 218 cm³/mol. The molecule has 0 fully saturated rings. The highest BCUT2D eigenvalue weighted by Gasteiger charge is 2.15. The molecule has 0 saturated heterocycles. The molecule has 0 aliphatic heterocycles. The number of anilines is 3. The normalized spacial score (nSPS) is 13.3. The van der Waals surface area contributed by atoms with Gasteiger partial charge in [0.15, 0.2) is 0 Å². The Kier molecular flexibility index (Phi) is 5.96. The molecule has 0 atom stereocenters. The van der Waals surface area contributed by atoms with Crippen molar-refractivity contribution >= 4 is 38.6 Å². The molecule has 0 unspecified atom stereocenters. The van der Waals surface area contributed by atoms with Gasteiger partial charge in [-0.2, -0.15) is 0 Å². The van der Waals surface area contributed by atoms with Gasteiger partial charge in [-0.3, -0.25) is 0 Å². The zero-order valence-corrected chi connectivity index (χ0v) is 27.5. The van der Waals surface area contributed by atoms with E-state index in [1.807, 2.05) is 115 Å². The van der Waals surface area contributed by atoms with E-state index >= 15 is 0 Å². The summed E-state index contributed by atoms with van der Waals surface area (Å²) in [6.45, 7) is 0. The van der Waals surface area contributed by atoms with Crippen molar-refractivity contribution in [2.75, 3.05) is 4.90 Å². The van der Waals surface area contributed by atoms with Crippen molar-refractivity contribution in [2.45, 2.75) is 0 Å². The van der Waals surface area contributed by atoms with Crippen LogP contribution in [0.5, 0.6) is 0 Å². The lowest BCUT2D eigenvalue weighted by molar-refractivity contribution is 1.28. The quantitative estimate of drug-likeness (QED) is 0.165. The third kappa shape index (κ3) is 6.18. The van der Waals surface area contributed by atoms with E-state index in [1.54, 1.807) is 24.3 Å². The highest BCUT2D eigenvalue weighted by Crippen LogP contribution is 2.39. The Balaban J connectivity index is 1.25. The molecule has 1 nitrogen and oxygen atoms in total. The molecule has 9 aromatic rings. The summed E-state index contributed by atoms with van der Waals surface area (Å²) < 4.78 is 74.6. The van der Waals surface area contributed by atoms with E-state index in [-0.39, 0.29) is 58.8 Å². The molecule has 1 heteroatoms. The van der Waals surface area contributed by atoms with Crippen molar-refractivity contribution < 1.29 is 11.0 Å². The Bertz CT molecular complexity index is 3040. The van der Waals surface area contributed by atoms with Crippen LogP contribution in [0.1, 0.15) is 11.0 Å². The fourth-order valence-corrected chi connectivity index (χ4v) is 6.50. The van der Waals surface area contributed by atoms with Gasteiger partial charge >= 0.3 is 0 Å². The van der Waals surface area contributed by atoms with E-state index in [2.05, 4.69) is 24.3 Å². The van der Waals surface area contributed by atoms with Crippen molar-refractivity contribution in [1.29, 1.82) is 0 Å². The van der Waals surface area contributed by atoms with Crippen LogP contribution in [0.15, 0.2) is 212 Å². The predicted octanol–water partition coefficient (Wildman–Crippen LogP) is 14.1. The number of nitrogens with zero attached hydrogens (tertiary/aromatic N) is 1. The average molecular weight is 658 g/mol. The van der Waals surface area contributed by atoms with Gasteiger partial charge in [-0.25, -0.2) is 0 Å². The molecule has 0 heterocycles. The third-order valence-corrected chi connectivity index (χ3v) is 9.20. The highest BCUT2D eigenvalue weighted by molar-refractivity contribution is 5.90. The lowest BCUT2D eigenvalue weighted by Gasteiger charge is -2.26. The second-order valence-corrected chi connectivity index (χ2v) is 12.4. The first-order chi connectivity index (χ1) is 28.6. The van der Waals surface area contributed by atoms with Crippen LogP contribution in [0, 0.1) is 0 Å². The number of hydrogen-bond donors (Lipinski definition) is 0. The van der Waals surface area contributed by atoms with Gasteiger partial charge < -0.3 is 4.90 Å². The largest absolute Gasteiger partial charge is 0.310 e. The summed E-state index contributed by atoms with van der Waals surface area (Å²) in [4.78, 5) is 1.39. The second-order valence-electron chi connectivity index (χ2n) is 12.4. The maximum Gasteiger partial charge on any atom is 0.0651 e. The van der Waals surface area contributed by atoms with Gasteiger partial charge in [0.05, 0.1) is 11.0 Å². The second kappa shape index (κ2) is 13.3. The van der Waals surface area contributed by atoms with Crippen molar-refractivity contribution in [2.24, 2.45) is 0 Å². The van der Waals surface area contributed by atoms with E-state index in [0.29, 0.717) is 16.8 Å². The summed E-state index contributed by atoms with van der Waals surface area (Å²) in [6.07, 6.45) is 0. The Morgan fingerprint density at radius 3 is 1.35 bits per heavy atom. The lowest BCUT2D eigenvalue weighted by Crippen LogP contribution is -2.10. The van der Waals surface area contributed by atoms with Gasteiger partial charge in [0.1, 0.15) is 0 Å². The van der Waals surface area contributed by atoms with Crippen LogP contribution < -0.4 is 4.90 Å². The molecule has 0 spiro atoms. The van der Waals surface area contributed by atoms with Gasteiger partial charge in [-0.05, 0) is 114 Å². The molecule has 0 amide bonds. The molecule has 51 heavy (non-hydrogen) atoms. The summed E-state index contributed by atoms with van der Waals surface area (Å²) >= 11 is 0. The average Bonchev–Trinajstić information content (AvgIpc) is 3.27. The molecular weight excluding hydrogens is 615 g/mol. The SMILES string of the molecule is [2H]c1c([2H])c(-c2ccc3ccccc3c2)c([2H])c(N(c2ccc(-c3ccc(-c4ccccc4)cc3)cc2)c2c([2H])c([2H])c(-c3ccc4ccccc4c3)c([2H])c2[2H])c1[2H]. The van der Waals surface area contributed by atoms with Crippen LogP contribution in [-0.2, 0) is 0 Å². The fraction of sp³-hybridized carbons (Fsp3) is 0. The smallest absolute Gasteiger partial charge is 0.0651 e. The van der Waals surface area contributed by atoms with Crippen LogP contribution in [0.2, 0.25) is 0 Å². The summed E-state index contributed by atoms with van der Waals surface area (Å²) in [5.74, 6) is 0. The summed E-state index contributed by atoms with van der Waals surface area (Å²) in [5.41, 5.74) is 5.32. The minimum atomic E-state index is -0.444. The minimum absolute atomic E-state index is 0.120. The maximum atomic E-state index is 9.69. The molecule has 0 saturated carbocycles. The first-order valence-corrected chi connectivity index (χ1v) is 16.9. The number of benzene rings is 9. The van der Waals surface area contributed by atoms with E-state index < -0.39 is 12.1 Å². The molecule has 0 aliphatic carbocycles. The van der Waals surface area contributed by atoms with Gasteiger partial charge in [0, 0.05) is 17.1 Å². The van der Waals surface area contributed by atoms with Crippen LogP contribution in [0.4, 0.5) is 17.1 Å². The van der Waals surface area contributed by atoms with E-state index in [9.17, 15) is 8.22 Å². The Morgan fingerprint density at radius 1 is 0.294 bits per heavy atom. The van der Waals surface area contributed by atoms with Crippen molar-refractivity contribution in [3.8, 4) is 44.5 Å². The molecule has 0 aromatic heterocycles.